The van der Waals surface area contributed by atoms with Gasteiger partial charge in [0.05, 0.1) is 12.1 Å². The van der Waals surface area contributed by atoms with Crippen molar-refractivity contribution in [1.82, 2.24) is 19.7 Å². The van der Waals surface area contributed by atoms with Crippen LogP contribution in [0.2, 0.25) is 0 Å². The molecule has 1 aliphatic rings. The number of carbonyl (C=O) groups excluding carboxylic acids is 1. The minimum atomic E-state index is -0.252. The summed E-state index contributed by atoms with van der Waals surface area (Å²) in [6.07, 6.45) is 5.81. The highest BCUT2D eigenvalue weighted by Crippen LogP contribution is 2.28. The second-order valence-corrected chi connectivity index (χ2v) is 7.81. The average molecular weight is 396 g/mol. The summed E-state index contributed by atoms with van der Waals surface area (Å²) in [5.41, 5.74) is 1.58. The van der Waals surface area contributed by atoms with Crippen LogP contribution >= 0.6 is 0 Å². The van der Waals surface area contributed by atoms with Gasteiger partial charge in [-0.25, -0.2) is 9.37 Å². The highest BCUT2D eigenvalue weighted by molar-refractivity contribution is 5.92. The predicted octanol–water partition coefficient (Wildman–Crippen LogP) is 4.20. The molecule has 29 heavy (non-hydrogen) atoms. The quantitative estimate of drug-likeness (QED) is 0.648. The van der Waals surface area contributed by atoms with Crippen LogP contribution in [0.25, 0.3) is 0 Å². The van der Waals surface area contributed by atoms with E-state index in [4.69, 9.17) is 4.42 Å². The molecule has 6 nitrogen and oxygen atoms in total. The number of nitrogens with zero attached hydrogens (tertiary/aromatic N) is 4. The van der Waals surface area contributed by atoms with Crippen LogP contribution in [0.4, 0.5) is 4.39 Å². The van der Waals surface area contributed by atoms with Crippen LogP contribution in [0.3, 0.4) is 0 Å². The van der Waals surface area contributed by atoms with Crippen LogP contribution in [0.1, 0.15) is 66.4 Å². The van der Waals surface area contributed by atoms with E-state index in [2.05, 4.69) is 10.1 Å². The van der Waals surface area contributed by atoms with E-state index in [0.717, 1.165) is 30.7 Å². The van der Waals surface area contributed by atoms with Gasteiger partial charge < -0.3 is 9.32 Å². The molecule has 1 atom stereocenters. The van der Waals surface area contributed by atoms with Gasteiger partial charge in [-0.2, -0.15) is 5.10 Å². The summed E-state index contributed by atoms with van der Waals surface area (Å²) in [6.45, 7) is 5.33. The van der Waals surface area contributed by atoms with Crippen molar-refractivity contribution in [3.05, 3.63) is 71.5 Å². The second kappa shape index (κ2) is 8.19. The summed E-state index contributed by atoms with van der Waals surface area (Å²) in [7, 11) is 0. The van der Waals surface area contributed by atoms with Crippen molar-refractivity contribution in [2.75, 3.05) is 13.1 Å². The highest BCUT2D eigenvalue weighted by Gasteiger charge is 2.30. The smallest absolute Gasteiger partial charge is 0.272 e. The molecule has 1 fully saturated rings. The average Bonchev–Trinajstić information content (AvgIpc) is 3.39. The summed E-state index contributed by atoms with van der Waals surface area (Å²) >= 11 is 0. The normalized spacial score (nSPS) is 17.1. The van der Waals surface area contributed by atoms with Crippen molar-refractivity contribution in [2.24, 2.45) is 0 Å². The molecule has 3 aromatic rings. The molecular weight excluding hydrogens is 371 g/mol. The number of likely N-dealkylation sites (tertiary alicyclic amines) is 1. The molecule has 3 heterocycles. The lowest BCUT2D eigenvalue weighted by Crippen LogP contribution is -2.40. The van der Waals surface area contributed by atoms with Crippen molar-refractivity contribution in [3.8, 4) is 0 Å². The van der Waals surface area contributed by atoms with Gasteiger partial charge >= 0.3 is 0 Å². The Morgan fingerprint density at radius 3 is 2.83 bits per heavy atom. The van der Waals surface area contributed by atoms with Crippen molar-refractivity contribution in [1.29, 1.82) is 0 Å². The molecule has 0 spiro atoms. The van der Waals surface area contributed by atoms with E-state index >= 15 is 0 Å². The molecule has 0 radical (unpaired) electrons. The summed E-state index contributed by atoms with van der Waals surface area (Å²) in [6, 6.07) is 8.29. The first-order chi connectivity index (χ1) is 14.0. The maximum Gasteiger partial charge on any atom is 0.272 e. The monoisotopic (exact) mass is 396 g/mol. The van der Waals surface area contributed by atoms with Gasteiger partial charge in [-0.3, -0.25) is 9.48 Å². The zero-order chi connectivity index (χ0) is 20.4. The molecule has 1 amide bonds. The number of amides is 1. The Morgan fingerprint density at radius 2 is 2.07 bits per heavy atom. The minimum Gasteiger partial charge on any atom is -0.445 e. The van der Waals surface area contributed by atoms with Crippen molar-refractivity contribution in [2.45, 2.75) is 45.1 Å². The summed E-state index contributed by atoms with van der Waals surface area (Å²) < 4.78 is 20.8. The molecule has 0 unspecified atom stereocenters. The standard InChI is InChI=1S/C22H25FN4O2/c1-15(2)27-20(9-10-25-27)22(28)26-11-3-4-17(14-26)21-24-13-19(29-21)12-16-5-7-18(23)8-6-16/h5-10,13,15,17H,3-4,11-12,14H2,1-2H3/t17-/m0/s1. The van der Waals surface area contributed by atoms with Gasteiger partial charge in [0.1, 0.15) is 17.3 Å². The van der Waals surface area contributed by atoms with Gasteiger partial charge in [-0.1, -0.05) is 12.1 Å². The Bertz CT molecular complexity index is 977. The predicted molar refractivity (Wildman–Crippen MR) is 106 cm³/mol. The fourth-order valence-corrected chi connectivity index (χ4v) is 3.82. The first kappa shape index (κ1) is 19.4. The number of oxazole rings is 1. The lowest BCUT2D eigenvalue weighted by Gasteiger charge is -2.31. The molecule has 4 rings (SSSR count). The highest BCUT2D eigenvalue weighted by atomic mass is 19.1. The third-order valence-corrected chi connectivity index (χ3v) is 5.30. The SMILES string of the molecule is CC(C)n1nccc1C(=O)N1CCC[C@H](c2ncc(Cc3ccc(F)cc3)o2)C1. The summed E-state index contributed by atoms with van der Waals surface area (Å²) in [5.74, 6) is 1.23. The van der Waals surface area contributed by atoms with Crippen LogP contribution < -0.4 is 0 Å². The second-order valence-electron chi connectivity index (χ2n) is 7.81. The Hall–Kier alpha value is -2.96. The van der Waals surface area contributed by atoms with Crippen LogP contribution in [0, 0.1) is 5.82 Å². The van der Waals surface area contributed by atoms with E-state index in [0.29, 0.717) is 24.6 Å². The molecular formula is C22H25FN4O2. The van der Waals surface area contributed by atoms with Gasteiger partial charge in [-0.15, -0.1) is 0 Å². The molecule has 1 saturated heterocycles. The molecule has 7 heteroatoms. The first-order valence-electron chi connectivity index (χ1n) is 10.0. The lowest BCUT2D eigenvalue weighted by atomic mass is 9.97. The van der Waals surface area contributed by atoms with Gasteiger partial charge in [0.15, 0.2) is 5.89 Å². The molecule has 0 saturated carbocycles. The number of hydrogen-bond donors (Lipinski definition) is 0. The van der Waals surface area contributed by atoms with Crippen LogP contribution in [-0.2, 0) is 6.42 Å². The van der Waals surface area contributed by atoms with E-state index in [1.807, 2.05) is 18.7 Å². The van der Waals surface area contributed by atoms with E-state index in [9.17, 15) is 9.18 Å². The first-order valence-corrected chi connectivity index (χ1v) is 10.0. The zero-order valence-corrected chi connectivity index (χ0v) is 16.7. The van der Waals surface area contributed by atoms with Gasteiger partial charge in [0.2, 0.25) is 0 Å². The third kappa shape index (κ3) is 4.23. The number of halogens is 1. The largest absolute Gasteiger partial charge is 0.445 e. The Balaban J connectivity index is 1.44. The number of carbonyl (C=O) groups is 1. The number of rotatable bonds is 5. The van der Waals surface area contributed by atoms with Crippen LogP contribution in [0.5, 0.6) is 0 Å². The molecule has 1 aliphatic heterocycles. The molecule has 0 N–H and O–H groups in total. The number of hydrogen-bond acceptors (Lipinski definition) is 4. The van der Waals surface area contributed by atoms with E-state index in [1.165, 1.54) is 12.1 Å². The Kier molecular flexibility index (Phi) is 5.47. The lowest BCUT2D eigenvalue weighted by molar-refractivity contribution is 0.0683. The third-order valence-electron chi connectivity index (χ3n) is 5.30. The Morgan fingerprint density at radius 1 is 1.28 bits per heavy atom. The molecule has 0 bridgehead atoms. The number of benzene rings is 1. The Labute approximate surface area is 169 Å². The number of piperidine rings is 1. The maximum atomic E-state index is 13.1. The fraction of sp³-hybridized carbons (Fsp3) is 0.409. The molecule has 0 aliphatic carbocycles. The van der Waals surface area contributed by atoms with Crippen molar-refractivity contribution < 1.29 is 13.6 Å². The number of aromatic nitrogens is 3. The summed E-state index contributed by atoms with van der Waals surface area (Å²) in [4.78, 5) is 19.3. The summed E-state index contributed by atoms with van der Waals surface area (Å²) in [5, 5.41) is 4.27. The van der Waals surface area contributed by atoms with Crippen LogP contribution in [0.15, 0.2) is 47.1 Å². The van der Waals surface area contributed by atoms with Crippen LogP contribution in [-0.4, -0.2) is 38.7 Å². The van der Waals surface area contributed by atoms with Gasteiger partial charge in [0.25, 0.3) is 5.91 Å². The van der Waals surface area contributed by atoms with E-state index in [-0.39, 0.29) is 23.7 Å². The molecule has 2 aromatic heterocycles. The van der Waals surface area contributed by atoms with Gasteiger partial charge in [-0.05, 0) is 50.5 Å². The topological polar surface area (TPSA) is 64.2 Å². The van der Waals surface area contributed by atoms with Crippen molar-refractivity contribution in [3.63, 3.8) is 0 Å². The molecule has 152 valence electrons. The van der Waals surface area contributed by atoms with E-state index in [1.54, 1.807) is 35.3 Å². The van der Waals surface area contributed by atoms with Gasteiger partial charge in [0, 0.05) is 31.7 Å². The zero-order valence-electron chi connectivity index (χ0n) is 16.7. The molecule has 1 aromatic carbocycles. The minimum absolute atomic E-state index is 0.000934. The maximum absolute atomic E-state index is 13.1. The fourth-order valence-electron chi connectivity index (χ4n) is 3.82. The van der Waals surface area contributed by atoms with Crippen molar-refractivity contribution >= 4 is 5.91 Å². The van der Waals surface area contributed by atoms with E-state index < -0.39 is 0 Å².